The minimum Gasteiger partial charge on any atom is -0.489 e. The molecule has 2 atom stereocenters. The molecular formula is C16H27NO. The lowest BCUT2D eigenvalue weighted by Crippen LogP contribution is -2.35. The maximum atomic E-state index is 5.97. The fraction of sp³-hybridized carbons (Fsp3) is 0.625. The van der Waals surface area contributed by atoms with Crippen LogP contribution in [0, 0.1) is 13.8 Å². The molecule has 0 spiro atoms. The number of hydrogen-bond donors (Lipinski definition) is 1. The van der Waals surface area contributed by atoms with E-state index < -0.39 is 0 Å². The quantitative estimate of drug-likeness (QED) is 0.792. The molecule has 2 unspecified atom stereocenters. The van der Waals surface area contributed by atoms with Crippen molar-refractivity contribution in [1.82, 2.24) is 5.32 Å². The molecule has 1 aromatic carbocycles. The first-order valence-corrected chi connectivity index (χ1v) is 7.00. The summed E-state index contributed by atoms with van der Waals surface area (Å²) in [6.07, 6.45) is 2.64. The van der Waals surface area contributed by atoms with Crippen molar-refractivity contribution in [1.29, 1.82) is 0 Å². The van der Waals surface area contributed by atoms with E-state index in [2.05, 4.69) is 58.1 Å². The number of ether oxygens (including phenoxy) is 1. The summed E-state index contributed by atoms with van der Waals surface area (Å²) in [5.41, 5.74) is 2.49. The minimum absolute atomic E-state index is 0.200. The average Bonchev–Trinajstić information content (AvgIpc) is 2.31. The third-order valence-corrected chi connectivity index (χ3v) is 3.13. The van der Waals surface area contributed by atoms with E-state index in [9.17, 15) is 0 Å². The molecule has 2 heteroatoms. The molecule has 18 heavy (non-hydrogen) atoms. The molecule has 0 bridgehead atoms. The van der Waals surface area contributed by atoms with E-state index in [1.807, 2.05) is 0 Å². The van der Waals surface area contributed by atoms with Gasteiger partial charge in [-0.2, -0.15) is 0 Å². The van der Waals surface area contributed by atoms with Crippen LogP contribution in [0.5, 0.6) is 5.75 Å². The summed E-state index contributed by atoms with van der Waals surface area (Å²) >= 11 is 0. The second-order valence-electron chi connectivity index (χ2n) is 5.30. The maximum absolute atomic E-state index is 5.97. The Balaban J connectivity index is 2.42. The Morgan fingerprint density at radius 3 is 2.56 bits per heavy atom. The lowest BCUT2D eigenvalue weighted by Gasteiger charge is -2.20. The van der Waals surface area contributed by atoms with Gasteiger partial charge in [0.2, 0.25) is 0 Å². The third-order valence-electron chi connectivity index (χ3n) is 3.13. The van der Waals surface area contributed by atoms with Gasteiger partial charge < -0.3 is 10.1 Å². The van der Waals surface area contributed by atoms with Crippen LogP contribution in [-0.4, -0.2) is 18.7 Å². The molecule has 0 amide bonds. The number of benzene rings is 1. The molecule has 0 aliphatic carbocycles. The van der Waals surface area contributed by atoms with Crippen LogP contribution < -0.4 is 10.1 Å². The van der Waals surface area contributed by atoms with E-state index in [1.54, 1.807) is 0 Å². The van der Waals surface area contributed by atoms with Crippen LogP contribution in [0.1, 0.15) is 44.7 Å². The second-order valence-corrected chi connectivity index (χ2v) is 5.30. The molecule has 0 radical (unpaired) electrons. The van der Waals surface area contributed by atoms with E-state index in [0.717, 1.165) is 12.3 Å². The van der Waals surface area contributed by atoms with Crippen molar-refractivity contribution in [2.45, 2.75) is 59.6 Å². The Labute approximate surface area is 112 Å². The van der Waals surface area contributed by atoms with E-state index in [0.29, 0.717) is 6.04 Å². The molecule has 0 heterocycles. The Bertz CT molecular complexity index is 362. The summed E-state index contributed by atoms with van der Waals surface area (Å²) in [6.45, 7) is 11.7. The largest absolute Gasteiger partial charge is 0.489 e. The summed E-state index contributed by atoms with van der Waals surface area (Å²) in [6, 6.07) is 6.90. The van der Waals surface area contributed by atoms with E-state index in [1.165, 1.54) is 24.0 Å². The summed E-state index contributed by atoms with van der Waals surface area (Å²) in [4.78, 5) is 0. The third kappa shape index (κ3) is 5.09. The predicted molar refractivity (Wildman–Crippen MR) is 78.4 cm³/mol. The van der Waals surface area contributed by atoms with Gasteiger partial charge in [-0.05, 0) is 45.7 Å². The van der Waals surface area contributed by atoms with Gasteiger partial charge >= 0.3 is 0 Å². The van der Waals surface area contributed by atoms with Crippen LogP contribution >= 0.6 is 0 Å². The smallest absolute Gasteiger partial charge is 0.122 e. The maximum Gasteiger partial charge on any atom is 0.122 e. The molecule has 0 aliphatic heterocycles. The Hall–Kier alpha value is -1.02. The second kappa shape index (κ2) is 7.42. The van der Waals surface area contributed by atoms with Crippen LogP contribution in [0.25, 0.3) is 0 Å². The number of hydrogen-bond acceptors (Lipinski definition) is 2. The lowest BCUT2D eigenvalue weighted by atomic mass is 10.1. The molecule has 1 rings (SSSR count). The minimum atomic E-state index is 0.200. The average molecular weight is 249 g/mol. The highest BCUT2D eigenvalue weighted by Gasteiger charge is 2.08. The van der Waals surface area contributed by atoms with Crippen molar-refractivity contribution >= 4 is 0 Å². The highest BCUT2D eigenvalue weighted by Crippen LogP contribution is 2.19. The SMILES string of the molecule is CCCC(C)NCC(C)Oc1ccc(C)cc1C. The molecule has 0 fully saturated rings. The van der Waals surface area contributed by atoms with Gasteiger partial charge in [-0.15, -0.1) is 0 Å². The fourth-order valence-electron chi connectivity index (χ4n) is 2.09. The summed E-state index contributed by atoms with van der Waals surface area (Å²) < 4.78 is 5.97. The van der Waals surface area contributed by atoms with Crippen LogP contribution in [0.15, 0.2) is 18.2 Å². The molecule has 0 saturated heterocycles. The highest BCUT2D eigenvalue weighted by molar-refractivity contribution is 5.35. The van der Waals surface area contributed by atoms with Crippen LogP contribution in [0.4, 0.5) is 0 Å². The highest BCUT2D eigenvalue weighted by atomic mass is 16.5. The lowest BCUT2D eigenvalue weighted by molar-refractivity contribution is 0.210. The molecule has 0 aliphatic rings. The van der Waals surface area contributed by atoms with Crippen molar-refractivity contribution < 1.29 is 4.74 Å². The van der Waals surface area contributed by atoms with Gasteiger partial charge in [-0.1, -0.05) is 31.0 Å². The van der Waals surface area contributed by atoms with Gasteiger partial charge in [0, 0.05) is 12.6 Å². The molecule has 0 aromatic heterocycles. The standard InChI is InChI=1S/C16H27NO/c1-6-7-14(4)17-11-15(5)18-16-9-8-12(2)10-13(16)3/h8-10,14-15,17H,6-7,11H2,1-5H3. The molecule has 102 valence electrons. The van der Waals surface area contributed by atoms with Gasteiger partial charge in [0.05, 0.1) is 0 Å². The fourth-order valence-corrected chi connectivity index (χ4v) is 2.09. The van der Waals surface area contributed by atoms with Crippen LogP contribution in [0.3, 0.4) is 0 Å². The Kier molecular flexibility index (Phi) is 6.20. The zero-order valence-electron chi connectivity index (χ0n) is 12.4. The first-order chi connectivity index (χ1) is 8.52. The van der Waals surface area contributed by atoms with Crippen molar-refractivity contribution in [2.75, 3.05) is 6.54 Å². The first kappa shape index (κ1) is 15.0. The van der Waals surface area contributed by atoms with Crippen molar-refractivity contribution in [3.8, 4) is 5.75 Å². The van der Waals surface area contributed by atoms with Crippen molar-refractivity contribution in [2.24, 2.45) is 0 Å². The van der Waals surface area contributed by atoms with Gasteiger partial charge in [-0.3, -0.25) is 0 Å². The number of rotatable bonds is 7. The van der Waals surface area contributed by atoms with Crippen LogP contribution in [-0.2, 0) is 0 Å². The Morgan fingerprint density at radius 2 is 1.94 bits per heavy atom. The van der Waals surface area contributed by atoms with Gasteiger partial charge in [0.1, 0.15) is 11.9 Å². The van der Waals surface area contributed by atoms with E-state index in [4.69, 9.17) is 4.74 Å². The molecule has 2 nitrogen and oxygen atoms in total. The monoisotopic (exact) mass is 249 g/mol. The zero-order valence-corrected chi connectivity index (χ0v) is 12.4. The molecule has 1 aromatic rings. The zero-order chi connectivity index (χ0) is 13.5. The summed E-state index contributed by atoms with van der Waals surface area (Å²) in [5.74, 6) is 0.998. The number of nitrogens with one attached hydrogen (secondary N) is 1. The molecule has 0 saturated carbocycles. The van der Waals surface area contributed by atoms with Crippen LogP contribution in [0.2, 0.25) is 0 Å². The normalized spacial score (nSPS) is 14.3. The summed E-state index contributed by atoms with van der Waals surface area (Å²) in [5, 5.41) is 3.51. The van der Waals surface area contributed by atoms with Gasteiger partial charge in [-0.25, -0.2) is 0 Å². The molecular weight excluding hydrogens is 222 g/mol. The molecule has 1 N–H and O–H groups in total. The Morgan fingerprint density at radius 1 is 1.22 bits per heavy atom. The van der Waals surface area contributed by atoms with E-state index >= 15 is 0 Å². The number of aryl methyl sites for hydroxylation is 2. The predicted octanol–water partition coefficient (Wildman–Crippen LogP) is 3.85. The van der Waals surface area contributed by atoms with E-state index in [-0.39, 0.29) is 6.10 Å². The topological polar surface area (TPSA) is 21.3 Å². The summed E-state index contributed by atoms with van der Waals surface area (Å²) in [7, 11) is 0. The van der Waals surface area contributed by atoms with Crippen molar-refractivity contribution in [3.05, 3.63) is 29.3 Å². The van der Waals surface area contributed by atoms with Gasteiger partial charge in [0.25, 0.3) is 0 Å². The van der Waals surface area contributed by atoms with Crippen molar-refractivity contribution in [3.63, 3.8) is 0 Å². The van der Waals surface area contributed by atoms with Gasteiger partial charge in [0.15, 0.2) is 0 Å². The first-order valence-electron chi connectivity index (χ1n) is 7.00.